The summed E-state index contributed by atoms with van der Waals surface area (Å²) in [6.07, 6.45) is 6.27. The van der Waals surface area contributed by atoms with Crippen molar-refractivity contribution >= 4 is 21.6 Å². The molecule has 2 aliphatic heterocycles. The van der Waals surface area contributed by atoms with E-state index in [0.29, 0.717) is 18.1 Å². The molecule has 0 saturated carbocycles. The molecule has 0 radical (unpaired) electrons. The highest BCUT2D eigenvalue weighted by atomic mass is 79.9. The first-order valence-corrected chi connectivity index (χ1v) is 8.73. The van der Waals surface area contributed by atoms with Crippen LogP contribution in [0.1, 0.15) is 44.6 Å². The molecule has 0 amide bonds. The van der Waals surface area contributed by atoms with E-state index in [-0.39, 0.29) is 0 Å². The van der Waals surface area contributed by atoms with E-state index < -0.39 is 0 Å². The number of anilines is 1. The fourth-order valence-electron chi connectivity index (χ4n) is 3.87. The largest absolute Gasteiger partial charge is 0.365 e. The molecule has 1 N–H and O–H groups in total. The van der Waals surface area contributed by atoms with Crippen LogP contribution in [0.3, 0.4) is 0 Å². The molecule has 2 heterocycles. The van der Waals surface area contributed by atoms with Gasteiger partial charge in [0.1, 0.15) is 0 Å². The molecule has 2 fully saturated rings. The van der Waals surface area contributed by atoms with E-state index in [1.165, 1.54) is 37.8 Å². The molecule has 2 atom stereocenters. The van der Waals surface area contributed by atoms with E-state index in [0.717, 1.165) is 16.6 Å². The van der Waals surface area contributed by atoms with Crippen LogP contribution in [0.2, 0.25) is 0 Å². The summed E-state index contributed by atoms with van der Waals surface area (Å²) in [7, 11) is 0. The molecule has 2 saturated heterocycles. The van der Waals surface area contributed by atoms with Crippen LogP contribution in [0, 0.1) is 11.3 Å². The number of benzene rings is 1. The Hall–Kier alpha value is -1.05. The van der Waals surface area contributed by atoms with Gasteiger partial charge in [-0.05, 0) is 72.8 Å². The van der Waals surface area contributed by atoms with Crippen LogP contribution in [0.4, 0.5) is 5.69 Å². The van der Waals surface area contributed by atoms with Gasteiger partial charge >= 0.3 is 0 Å². The first kappa shape index (κ1) is 14.9. The molecule has 1 aromatic carbocycles. The highest BCUT2D eigenvalue weighted by Gasteiger charge is 2.41. The SMILES string of the molecule is CCCNC1CC2CCC(C1)N2c1ccc(C#N)cc1Br. The number of hydrogen-bond acceptors (Lipinski definition) is 3. The van der Waals surface area contributed by atoms with Crippen molar-refractivity contribution in [1.82, 2.24) is 5.32 Å². The Morgan fingerprint density at radius 3 is 2.62 bits per heavy atom. The number of nitriles is 1. The number of piperidine rings is 1. The van der Waals surface area contributed by atoms with Crippen molar-refractivity contribution < 1.29 is 0 Å². The minimum Gasteiger partial charge on any atom is -0.365 e. The zero-order valence-corrected chi connectivity index (χ0v) is 14.1. The topological polar surface area (TPSA) is 39.1 Å². The van der Waals surface area contributed by atoms with Crippen molar-refractivity contribution in [3.63, 3.8) is 0 Å². The number of hydrogen-bond donors (Lipinski definition) is 1. The van der Waals surface area contributed by atoms with Gasteiger partial charge < -0.3 is 10.2 Å². The summed E-state index contributed by atoms with van der Waals surface area (Å²) < 4.78 is 1.05. The third-order valence-electron chi connectivity index (χ3n) is 4.77. The first-order chi connectivity index (χ1) is 10.2. The number of nitrogens with one attached hydrogen (secondary N) is 1. The van der Waals surface area contributed by atoms with E-state index in [9.17, 15) is 0 Å². The van der Waals surface area contributed by atoms with Gasteiger partial charge in [0.2, 0.25) is 0 Å². The second-order valence-corrected chi connectivity index (χ2v) is 7.05. The fourth-order valence-corrected chi connectivity index (χ4v) is 4.45. The molecule has 0 aliphatic carbocycles. The Morgan fingerprint density at radius 2 is 2.05 bits per heavy atom. The summed E-state index contributed by atoms with van der Waals surface area (Å²) >= 11 is 3.65. The fraction of sp³-hybridized carbons (Fsp3) is 0.588. The lowest BCUT2D eigenvalue weighted by Gasteiger charge is -2.41. The summed E-state index contributed by atoms with van der Waals surface area (Å²) in [4.78, 5) is 2.59. The van der Waals surface area contributed by atoms with Crippen molar-refractivity contribution in [3.8, 4) is 6.07 Å². The van der Waals surface area contributed by atoms with Crippen LogP contribution in [-0.2, 0) is 0 Å². The van der Waals surface area contributed by atoms with Crippen molar-refractivity contribution in [2.24, 2.45) is 0 Å². The molecule has 2 aliphatic rings. The zero-order chi connectivity index (χ0) is 14.8. The molecule has 2 bridgehead atoms. The van der Waals surface area contributed by atoms with E-state index in [1.807, 2.05) is 12.1 Å². The summed E-state index contributed by atoms with van der Waals surface area (Å²) in [6.45, 7) is 3.36. The number of rotatable bonds is 4. The van der Waals surface area contributed by atoms with Crippen molar-refractivity contribution in [2.75, 3.05) is 11.4 Å². The van der Waals surface area contributed by atoms with Gasteiger partial charge in [-0.25, -0.2) is 0 Å². The highest BCUT2D eigenvalue weighted by molar-refractivity contribution is 9.10. The molecule has 3 rings (SSSR count). The van der Waals surface area contributed by atoms with Gasteiger partial charge in [-0.1, -0.05) is 6.92 Å². The van der Waals surface area contributed by atoms with Crippen LogP contribution in [-0.4, -0.2) is 24.7 Å². The Bertz CT molecular complexity index is 537. The lowest BCUT2D eigenvalue weighted by molar-refractivity contribution is 0.356. The quantitative estimate of drug-likeness (QED) is 0.899. The van der Waals surface area contributed by atoms with Gasteiger partial charge in [-0.2, -0.15) is 5.26 Å². The van der Waals surface area contributed by atoms with Crippen molar-refractivity contribution in [1.29, 1.82) is 5.26 Å². The van der Waals surface area contributed by atoms with Crippen LogP contribution in [0.5, 0.6) is 0 Å². The van der Waals surface area contributed by atoms with Gasteiger partial charge in [0.05, 0.1) is 17.3 Å². The minimum atomic E-state index is 0.641. The average Bonchev–Trinajstić information content (AvgIpc) is 2.75. The molecule has 1 aromatic rings. The predicted molar refractivity (Wildman–Crippen MR) is 89.5 cm³/mol. The normalized spacial score (nSPS) is 27.7. The molecule has 2 unspecified atom stereocenters. The Balaban J connectivity index is 1.78. The Morgan fingerprint density at radius 1 is 1.33 bits per heavy atom. The van der Waals surface area contributed by atoms with Gasteiger partial charge in [0, 0.05) is 22.6 Å². The van der Waals surface area contributed by atoms with Crippen LogP contribution >= 0.6 is 15.9 Å². The second-order valence-electron chi connectivity index (χ2n) is 6.19. The minimum absolute atomic E-state index is 0.641. The Kier molecular flexibility index (Phi) is 4.51. The molecular formula is C17H22BrN3. The number of nitrogens with zero attached hydrogens (tertiary/aromatic N) is 2. The van der Waals surface area contributed by atoms with Crippen LogP contribution in [0.15, 0.2) is 22.7 Å². The third kappa shape index (κ3) is 2.95. The number of fused-ring (bicyclic) bond motifs is 2. The summed E-state index contributed by atoms with van der Waals surface area (Å²) in [6, 6.07) is 10.1. The molecule has 4 heteroatoms. The van der Waals surface area contributed by atoms with E-state index in [1.54, 1.807) is 0 Å². The zero-order valence-electron chi connectivity index (χ0n) is 12.5. The average molecular weight is 348 g/mol. The predicted octanol–water partition coefficient (Wildman–Crippen LogP) is 3.82. The van der Waals surface area contributed by atoms with Gasteiger partial charge in [-0.15, -0.1) is 0 Å². The maximum atomic E-state index is 9.00. The van der Waals surface area contributed by atoms with Gasteiger partial charge in [0.15, 0.2) is 0 Å². The van der Waals surface area contributed by atoms with Crippen LogP contribution in [0.25, 0.3) is 0 Å². The van der Waals surface area contributed by atoms with E-state index in [4.69, 9.17) is 5.26 Å². The summed E-state index contributed by atoms with van der Waals surface area (Å²) in [5.74, 6) is 0. The summed E-state index contributed by atoms with van der Waals surface area (Å²) in [5.41, 5.74) is 1.98. The number of halogens is 1. The van der Waals surface area contributed by atoms with E-state index >= 15 is 0 Å². The molecule has 0 aromatic heterocycles. The maximum Gasteiger partial charge on any atom is 0.0992 e. The second kappa shape index (κ2) is 6.37. The molecule has 3 nitrogen and oxygen atoms in total. The third-order valence-corrected chi connectivity index (χ3v) is 5.41. The lowest BCUT2D eigenvalue weighted by Crippen LogP contribution is -2.49. The van der Waals surface area contributed by atoms with Gasteiger partial charge in [0.25, 0.3) is 0 Å². The van der Waals surface area contributed by atoms with Crippen LogP contribution < -0.4 is 10.2 Å². The molecule has 0 spiro atoms. The molecule has 21 heavy (non-hydrogen) atoms. The molecular weight excluding hydrogens is 326 g/mol. The molecule has 112 valence electrons. The highest BCUT2D eigenvalue weighted by Crippen LogP contribution is 2.42. The van der Waals surface area contributed by atoms with Crippen molar-refractivity contribution in [2.45, 2.75) is 57.2 Å². The van der Waals surface area contributed by atoms with E-state index in [2.05, 4.69) is 45.2 Å². The van der Waals surface area contributed by atoms with Gasteiger partial charge in [-0.3, -0.25) is 0 Å². The maximum absolute atomic E-state index is 9.00. The van der Waals surface area contributed by atoms with Crippen molar-refractivity contribution in [3.05, 3.63) is 28.2 Å². The first-order valence-electron chi connectivity index (χ1n) is 7.94. The standard InChI is InChI=1S/C17H22BrN3/c1-2-7-20-13-9-14-4-5-15(10-13)21(14)17-6-3-12(11-19)8-16(17)18/h3,6,8,13-15,20H,2,4-5,7,9-10H2,1H3. The Labute approximate surface area is 135 Å². The smallest absolute Gasteiger partial charge is 0.0992 e. The lowest BCUT2D eigenvalue weighted by atomic mass is 9.96. The summed E-state index contributed by atoms with van der Waals surface area (Å²) in [5, 5.41) is 12.7. The monoisotopic (exact) mass is 347 g/mol.